The summed E-state index contributed by atoms with van der Waals surface area (Å²) in [5.74, 6) is -0.786. The van der Waals surface area contributed by atoms with Crippen molar-refractivity contribution in [1.82, 2.24) is 0 Å². The zero-order valence-electron chi connectivity index (χ0n) is 11.1. The number of carbonyl (C=O) groups is 1. The average molecular weight is 269 g/mol. The van der Waals surface area contributed by atoms with Gasteiger partial charge >= 0.3 is 5.97 Å². The van der Waals surface area contributed by atoms with Crippen molar-refractivity contribution in [3.63, 3.8) is 0 Å². The molecule has 0 saturated heterocycles. The summed E-state index contributed by atoms with van der Waals surface area (Å²) in [5.41, 5.74) is 2.65. The zero-order valence-corrected chi connectivity index (χ0v) is 11.1. The van der Waals surface area contributed by atoms with Crippen LogP contribution >= 0.6 is 0 Å². The fraction of sp³-hybridized carbons (Fsp3) is 0.125. The maximum atomic E-state index is 10.2. The van der Waals surface area contributed by atoms with E-state index in [1.807, 2.05) is 37.3 Å². The number of carboxylic acid groups (broad SMARTS) is 1. The third kappa shape index (κ3) is 6.28. The number of aryl methyl sites for hydroxylation is 1. The summed E-state index contributed by atoms with van der Waals surface area (Å²) in [6.07, 6.45) is 1.59. The molecule has 0 spiro atoms. The maximum absolute atomic E-state index is 10.2. The van der Waals surface area contributed by atoms with Crippen molar-refractivity contribution in [3.8, 4) is 0 Å². The van der Waals surface area contributed by atoms with Gasteiger partial charge in [-0.1, -0.05) is 48.0 Å². The fourth-order valence-corrected chi connectivity index (χ4v) is 1.44. The van der Waals surface area contributed by atoms with Crippen LogP contribution in [0.2, 0.25) is 0 Å². The lowest BCUT2D eigenvalue weighted by atomic mass is 10.2. The van der Waals surface area contributed by atoms with Gasteiger partial charge in [-0.25, -0.2) is 4.79 Å². The normalized spacial score (nSPS) is 8.85. The number of aliphatic carboxylic acids is 1. The van der Waals surface area contributed by atoms with E-state index in [-0.39, 0.29) is 6.42 Å². The molecular formula is C16H15NO3. The Morgan fingerprint density at radius 2 is 1.70 bits per heavy atom. The minimum absolute atomic E-state index is 0.112. The van der Waals surface area contributed by atoms with Crippen LogP contribution in [0.25, 0.3) is 0 Å². The van der Waals surface area contributed by atoms with Crippen LogP contribution in [0.1, 0.15) is 11.1 Å². The molecule has 102 valence electrons. The molecule has 2 rings (SSSR count). The lowest BCUT2D eigenvalue weighted by Crippen LogP contribution is -1.98. The average Bonchev–Trinajstić information content (AvgIpc) is 2.43. The van der Waals surface area contributed by atoms with Crippen LogP contribution < -0.4 is 0 Å². The number of aliphatic imine (C=N–C) groups is 1. The zero-order chi connectivity index (χ0) is 14.8. The van der Waals surface area contributed by atoms with Crippen molar-refractivity contribution < 1.29 is 14.7 Å². The van der Waals surface area contributed by atoms with Crippen molar-refractivity contribution in [3.05, 3.63) is 65.7 Å². The van der Waals surface area contributed by atoms with Crippen LogP contribution in [-0.4, -0.2) is 17.2 Å². The first-order valence-corrected chi connectivity index (χ1v) is 6.02. The third-order valence-corrected chi connectivity index (χ3v) is 2.41. The van der Waals surface area contributed by atoms with E-state index < -0.39 is 5.97 Å². The Labute approximate surface area is 117 Å². The van der Waals surface area contributed by atoms with Crippen molar-refractivity contribution in [2.45, 2.75) is 13.3 Å². The molecule has 0 fully saturated rings. The standard InChI is InChI=1S/C8H7NO.C8H8O2/c1-7-2-4-8(5-3-7)9-6-10;9-8(10)6-7-4-2-1-3-5-7/h2-5H,1H3;1-5H,6H2,(H,9,10). The number of nitrogens with zero attached hydrogens (tertiary/aromatic N) is 1. The van der Waals surface area contributed by atoms with Crippen molar-refractivity contribution in [2.75, 3.05) is 0 Å². The topological polar surface area (TPSA) is 66.7 Å². The first-order valence-electron chi connectivity index (χ1n) is 6.02. The van der Waals surface area contributed by atoms with Crippen LogP contribution in [0.15, 0.2) is 59.6 Å². The fourth-order valence-electron chi connectivity index (χ4n) is 1.44. The van der Waals surface area contributed by atoms with Crippen LogP contribution in [0.3, 0.4) is 0 Å². The van der Waals surface area contributed by atoms with Crippen LogP contribution in [0, 0.1) is 6.92 Å². The predicted octanol–water partition coefficient (Wildman–Crippen LogP) is 3.28. The summed E-state index contributed by atoms with van der Waals surface area (Å²) in [4.78, 5) is 23.4. The van der Waals surface area contributed by atoms with E-state index in [0.717, 1.165) is 11.1 Å². The number of carbonyl (C=O) groups excluding carboxylic acids is 1. The van der Waals surface area contributed by atoms with Gasteiger partial charge in [-0.05, 0) is 24.6 Å². The summed E-state index contributed by atoms with van der Waals surface area (Å²) in [5, 5.41) is 8.37. The monoisotopic (exact) mass is 269 g/mol. The van der Waals surface area contributed by atoms with Gasteiger partial charge in [0.25, 0.3) is 0 Å². The highest BCUT2D eigenvalue weighted by Gasteiger charge is 1.96. The van der Waals surface area contributed by atoms with E-state index in [1.54, 1.807) is 24.3 Å². The Bertz CT molecular complexity index is 585. The smallest absolute Gasteiger partial charge is 0.307 e. The highest BCUT2D eigenvalue weighted by atomic mass is 16.4. The van der Waals surface area contributed by atoms with Gasteiger partial charge in [0.15, 0.2) is 0 Å². The van der Waals surface area contributed by atoms with Gasteiger partial charge < -0.3 is 5.11 Å². The molecule has 0 heterocycles. The number of rotatable bonds is 3. The Balaban J connectivity index is 0.000000200. The number of hydrogen-bond acceptors (Lipinski definition) is 3. The van der Waals surface area contributed by atoms with Crippen molar-refractivity contribution in [2.24, 2.45) is 4.99 Å². The van der Waals surface area contributed by atoms with E-state index in [2.05, 4.69) is 4.99 Å². The van der Waals surface area contributed by atoms with Crippen molar-refractivity contribution >= 4 is 17.7 Å². The lowest BCUT2D eigenvalue weighted by molar-refractivity contribution is -0.136. The van der Waals surface area contributed by atoms with Gasteiger partial charge in [0.1, 0.15) is 0 Å². The van der Waals surface area contributed by atoms with Gasteiger partial charge in [-0.3, -0.25) is 4.79 Å². The molecule has 0 saturated carbocycles. The van der Waals surface area contributed by atoms with E-state index in [4.69, 9.17) is 5.11 Å². The van der Waals surface area contributed by atoms with Gasteiger partial charge in [0.05, 0.1) is 12.1 Å². The Hall–Kier alpha value is -2.71. The number of carboxylic acids is 1. The van der Waals surface area contributed by atoms with E-state index in [9.17, 15) is 9.59 Å². The molecule has 4 heteroatoms. The molecule has 0 aliphatic rings. The molecular weight excluding hydrogens is 254 g/mol. The van der Waals surface area contributed by atoms with Crippen LogP contribution in [-0.2, 0) is 16.0 Å². The molecule has 1 N–H and O–H groups in total. The largest absolute Gasteiger partial charge is 0.481 e. The molecule has 0 amide bonds. The SMILES string of the molecule is Cc1ccc(N=C=O)cc1.O=C(O)Cc1ccccc1. The first kappa shape index (κ1) is 15.3. The second-order valence-electron chi connectivity index (χ2n) is 4.09. The van der Waals surface area contributed by atoms with Gasteiger partial charge in [-0.15, -0.1) is 0 Å². The lowest BCUT2D eigenvalue weighted by Gasteiger charge is -1.92. The molecule has 0 bridgehead atoms. The molecule has 0 aliphatic heterocycles. The molecule has 0 aromatic heterocycles. The number of benzene rings is 2. The summed E-state index contributed by atoms with van der Waals surface area (Å²) < 4.78 is 0. The second-order valence-corrected chi connectivity index (χ2v) is 4.09. The molecule has 0 atom stereocenters. The highest BCUT2D eigenvalue weighted by Crippen LogP contribution is 2.10. The first-order chi connectivity index (χ1) is 9.61. The summed E-state index contributed by atoms with van der Waals surface area (Å²) in [6.45, 7) is 1.98. The highest BCUT2D eigenvalue weighted by molar-refractivity contribution is 5.70. The summed E-state index contributed by atoms with van der Waals surface area (Å²) in [7, 11) is 0. The van der Waals surface area contributed by atoms with Gasteiger partial charge in [0, 0.05) is 0 Å². The number of isocyanates is 1. The Morgan fingerprint density at radius 3 is 2.20 bits per heavy atom. The minimum Gasteiger partial charge on any atom is -0.481 e. The van der Waals surface area contributed by atoms with Crippen molar-refractivity contribution in [1.29, 1.82) is 0 Å². The Kier molecular flexibility index (Phi) is 6.45. The third-order valence-electron chi connectivity index (χ3n) is 2.41. The molecule has 2 aromatic carbocycles. The Morgan fingerprint density at radius 1 is 1.10 bits per heavy atom. The van der Waals surface area contributed by atoms with E-state index in [1.165, 1.54) is 6.08 Å². The quantitative estimate of drug-likeness (QED) is 0.686. The molecule has 0 radical (unpaired) electrons. The number of hydrogen-bond donors (Lipinski definition) is 1. The summed E-state index contributed by atoms with van der Waals surface area (Å²) in [6, 6.07) is 16.5. The minimum atomic E-state index is -0.786. The van der Waals surface area contributed by atoms with E-state index >= 15 is 0 Å². The van der Waals surface area contributed by atoms with Gasteiger partial charge in [-0.2, -0.15) is 4.99 Å². The molecule has 0 aliphatic carbocycles. The van der Waals surface area contributed by atoms with Gasteiger partial charge in [0.2, 0.25) is 6.08 Å². The van der Waals surface area contributed by atoms with Crippen LogP contribution in [0.5, 0.6) is 0 Å². The molecule has 0 unspecified atom stereocenters. The molecule has 4 nitrogen and oxygen atoms in total. The predicted molar refractivity (Wildman–Crippen MR) is 76.7 cm³/mol. The van der Waals surface area contributed by atoms with Crippen LogP contribution in [0.4, 0.5) is 5.69 Å². The maximum Gasteiger partial charge on any atom is 0.307 e. The molecule has 20 heavy (non-hydrogen) atoms. The van der Waals surface area contributed by atoms with E-state index in [0.29, 0.717) is 5.69 Å². The second kappa shape index (κ2) is 8.40. The molecule has 2 aromatic rings. The summed E-state index contributed by atoms with van der Waals surface area (Å²) >= 11 is 0.